The quantitative estimate of drug-likeness (QED) is 0.747. The maximum absolute atomic E-state index is 12.8. The Labute approximate surface area is 156 Å². The first-order chi connectivity index (χ1) is 13.1. The zero-order valence-corrected chi connectivity index (χ0v) is 15.1. The summed E-state index contributed by atoms with van der Waals surface area (Å²) in [5.41, 5.74) is 1.82. The summed E-state index contributed by atoms with van der Waals surface area (Å²) in [6.07, 6.45) is 1.82. The molecule has 1 unspecified atom stereocenters. The highest BCUT2D eigenvalue weighted by atomic mass is 16.2. The van der Waals surface area contributed by atoms with E-state index in [0.717, 1.165) is 29.8 Å². The molecule has 2 aromatic heterocycles. The molecule has 3 heterocycles. The Bertz CT molecular complexity index is 1010. The Hall–Kier alpha value is -3.22. The highest BCUT2D eigenvalue weighted by molar-refractivity contribution is 5.92. The number of pyridine rings is 1. The minimum atomic E-state index is -0.255. The fourth-order valence-corrected chi connectivity index (χ4v) is 3.52. The minimum absolute atomic E-state index is 0.101. The molecule has 1 atom stereocenters. The predicted molar refractivity (Wildman–Crippen MR) is 101 cm³/mol. The van der Waals surface area contributed by atoms with E-state index in [1.807, 2.05) is 37.3 Å². The molecule has 27 heavy (non-hydrogen) atoms. The Morgan fingerprint density at radius 3 is 2.81 bits per heavy atom. The van der Waals surface area contributed by atoms with Crippen molar-refractivity contribution in [3.63, 3.8) is 0 Å². The van der Waals surface area contributed by atoms with E-state index >= 15 is 0 Å². The van der Waals surface area contributed by atoms with Crippen molar-refractivity contribution in [2.24, 2.45) is 0 Å². The molecule has 1 amide bonds. The first kappa shape index (κ1) is 17.2. The zero-order chi connectivity index (χ0) is 18.8. The predicted octanol–water partition coefficient (Wildman–Crippen LogP) is 2.49. The molecule has 1 aromatic carbocycles. The molecule has 1 aliphatic heterocycles. The maximum Gasteiger partial charge on any atom is 0.270 e. The van der Waals surface area contributed by atoms with Gasteiger partial charge in [0.1, 0.15) is 11.5 Å². The molecule has 1 aliphatic rings. The number of likely N-dealkylation sites (tertiary alicyclic amines) is 1. The molecule has 0 aliphatic carbocycles. The van der Waals surface area contributed by atoms with Crippen molar-refractivity contribution in [3.05, 3.63) is 69.9 Å². The fourth-order valence-electron chi connectivity index (χ4n) is 3.52. The first-order valence-corrected chi connectivity index (χ1v) is 9.08. The smallest absolute Gasteiger partial charge is 0.270 e. The molecule has 2 N–H and O–H groups in total. The lowest BCUT2D eigenvalue weighted by atomic mass is 9.97. The summed E-state index contributed by atoms with van der Waals surface area (Å²) in [5.74, 6) is 1.41. The fraction of sp³-hybridized carbons (Fsp3) is 0.300. The standard InChI is InChI=1S/C20H21N5O2/c1-13-10-16(21-17(26)11-13)20(27)25-9-5-8-15(12-25)19-22-18(23-24-19)14-6-3-2-4-7-14/h2-4,6-7,10-11,15H,5,8-9,12H2,1H3,(H,21,26)(H,22,23,24). The van der Waals surface area contributed by atoms with Gasteiger partial charge in [0.15, 0.2) is 5.82 Å². The number of aryl methyl sites for hydroxylation is 1. The Kier molecular flexibility index (Phi) is 4.58. The number of amides is 1. The molecule has 1 saturated heterocycles. The van der Waals surface area contributed by atoms with Crippen LogP contribution in [0.3, 0.4) is 0 Å². The van der Waals surface area contributed by atoms with E-state index in [0.29, 0.717) is 24.6 Å². The van der Waals surface area contributed by atoms with Crippen LogP contribution in [-0.4, -0.2) is 44.1 Å². The molecule has 1 fully saturated rings. The minimum Gasteiger partial charge on any atom is -0.337 e. The van der Waals surface area contributed by atoms with Gasteiger partial charge in [-0.1, -0.05) is 30.3 Å². The van der Waals surface area contributed by atoms with Crippen molar-refractivity contribution < 1.29 is 4.79 Å². The van der Waals surface area contributed by atoms with Gasteiger partial charge < -0.3 is 9.88 Å². The van der Waals surface area contributed by atoms with Gasteiger partial charge in [0, 0.05) is 30.6 Å². The van der Waals surface area contributed by atoms with Crippen molar-refractivity contribution in [1.29, 1.82) is 0 Å². The van der Waals surface area contributed by atoms with Crippen LogP contribution in [0.2, 0.25) is 0 Å². The van der Waals surface area contributed by atoms with Gasteiger partial charge in [0.05, 0.1) is 0 Å². The van der Waals surface area contributed by atoms with Crippen molar-refractivity contribution in [2.45, 2.75) is 25.7 Å². The molecule has 7 heteroatoms. The second kappa shape index (κ2) is 7.19. The average molecular weight is 363 g/mol. The second-order valence-electron chi connectivity index (χ2n) is 6.94. The van der Waals surface area contributed by atoms with E-state index in [1.54, 1.807) is 11.0 Å². The number of H-pyrrole nitrogens is 2. The van der Waals surface area contributed by atoms with E-state index in [1.165, 1.54) is 6.07 Å². The van der Waals surface area contributed by atoms with Crippen LogP contribution in [-0.2, 0) is 0 Å². The zero-order valence-electron chi connectivity index (χ0n) is 15.1. The highest BCUT2D eigenvalue weighted by Crippen LogP contribution is 2.26. The summed E-state index contributed by atoms with van der Waals surface area (Å²) in [4.78, 5) is 33.6. The van der Waals surface area contributed by atoms with E-state index < -0.39 is 0 Å². The normalized spacial score (nSPS) is 17.1. The Balaban J connectivity index is 1.52. The van der Waals surface area contributed by atoms with Crippen molar-refractivity contribution in [1.82, 2.24) is 25.1 Å². The molecule has 0 bridgehead atoms. The third-order valence-corrected chi connectivity index (χ3v) is 4.85. The van der Waals surface area contributed by atoms with Crippen LogP contribution >= 0.6 is 0 Å². The summed E-state index contributed by atoms with van der Waals surface area (Å²) in [6, 6.07) is 13.0. The molecule has 0 radical (unpaired) electrons. The molecule has 138 valence electrons. The number of aromatic nitrogens is 4. The number of carbonyl (C=O) groups excluding carboxylic acids is 1. The number of nitrogens with one attached hydrogen (secondary N) is 2. The van der Waals surface area contributed by atoms with Crippen molar-refractivity contribution in [2.75, 3.05) is 13.1 Å². The summed E-state index contributed by atoms with van der Waals surface area (Å²) in [7, 11) is 0. The van der Waals surface area contributed by atoms with Crippen LogP contribution in [0.1, 0.15) is 40.6 Å². The van der Waals surface area contributed by atoms with Crippen LogP contribution < -0.4 is 5.56 Å². The van der Waals surface area contributed by atoms with E-state index in [-0.39, 0.29) is 17.4 Å². The first-order valence-electron chi connectivity index (χ1n) is 9.08. The number of aromatic amines is 2. The van der Waals surface area contributed by atoms with Gasteiger partial charge in [-0.15, -0.1) is 0 Å². The van der Waals surface area contributed by atoms with Gasteiger partial charge in [-0.25, -0.2) is 4.98 Å². The van der Waals surface area contributed by atoms with Gasteiger partial charge in [-0.2, -0.15) is 5.10 Å². The lowest BCUT2D eigenvalue weighted by Crippen LogP contribution is -2.40. The number of rotatable bonds is 3. The number of piperidine rings is 1. The van der Waals surface area contributed by atoms with Crippen molar-refractivity contribution >= 4 is 5.91 Å². The van der Waals surface area contributed by atoms with Gasteiger partial charge >= 0.3 is 0 Å². The Morgan fingerprint density at radius 1 is 1.22 bits per heavy atom. The maximum atomic E-state index is 12.8. The largest absolute Gasteiger partial charge is 0.337 e. The number of carbonyl (C=O) groups is 1. The lowest BCUT2D eigenvalue weighted by Gasteiger charge is -2.31. The molecular formula is C20H21N5O2. The highest BCUT2D eigenvalue weighted by Gasteiger charge is 2.28. The molecule has 0 saturated carbocycles. The van der Waals surface area contributed by atoms with Crippen molar-refractivity contribution in [3.8, 4) is 11.4 Å². The van der Waals surface area contributed by atoms with Gasteiger partial charge in [0.2, 0.25) is 5.56 Å². The molecule has 3 aromatic rings. The molecule has 4 rings (SSSR count). The Morgan fingerprint density at radius 2 is 2.04 bits per heavy atom. The monoisotopic (exact) mass is 363 g/mol. The van der Waals surface area contributed by atoms with E-state index in [2.05, 4.69) is 20.2 Å². The number of hydrogen-bond acceptors (Lipinski definition) is 4. The molecule has 0 spiro atoms. The van der Waals surface area contributed by atoms with Crippen LogP contribution in [0.25, 0.3) is 11.4 Å². The second-order valence-corrected chi connectivity index (χ2v) is 6.94. The third-order valence-electron chi connectivity index (χ3n) is 4.85. The molecular weight excluding hydrogens is 342 g/mol. The lowest BCUT2D eigenvalue weighted by molar-refractivity contribution is 0.0698. The summed E-state index contributed by atoms with van der Waals surface area (Å²) >= 11 is 0. The topological polar surface area (TPSA) is 94.7 Å². The van der Waals surface area contributed by atoms with Crippen LogP contribution in [0.15, 0.2) is 47.3 Å². The van der Waals surface area contributed by atoms with Crippen LogP contribution in [0, 0.1) is 6.92 Å². The van der Waals surface area contributed by atoms with E-state index in [9.17, 15) is 9.59 Å². The average Bonchev–Trinajstić information content (AvgIpc) is 3.18. The van der Waals surface area contributed by atoms with Gasteiger partial charge in [0.25, 0.3) is 5.91 Å². The summed E-state index contributed by atoms with van der Waals surface area (Å²) in [6.45, 7) is 3.04. The van der Waals surface area contributed by atoms with Crippen LogP contribution in [0.4, 0.5) is 0 Å². The third kappa shape index (κ3) is 3.67. The van der Waals surface area contributed by atoms with Gasteiger partial charge in [-0.05, 0) is 31.4 Å². The number of benzene rings is 1. The summed E-state index contributed by atoms with van der Waals surface area (Å²) < 4.78 is 0. The summed E-state index contributed by atoms with van der Waals surface area (Å²) in [5, 5.41) is 7.36. The van der Waals surface area contributed by atoms with E-state index in [4.69, 9.17) is 0 Å². The number of hydrogen-bond donors (Lipinski definition) is 2. The molecule has 7 nitrogen and oxygen atoms in total. The SMILES string of the molecule is Cc1cc(C(=O)N2CCCC(c3nc(-c4ccccc4)n[nH]3)C2)[nH]c(=O)c1. The van der Waals surface area contributed by atoms with Crippen LogP contribution in [0.5, 0.6) is 0 Å². The van der Waals surface area contributed by atoms with Gasteiger partial charge in [-0.3, -0.25) is 14.7 Å². The number of nitrogens with zero attached hydrogens (tertiary/aromatic N) is 3.